The summed E-state index contributed by atoms with van der Waals surface area (Å²) < 4.78 is 64.7. The van der Waals surface area contributed by atoms with Crippen LogP contribution in [0.25, 0.3) is 0 Å². The third-order valence-electron chi connectivity index (χ3n) is 3.64. The second kappa shape index (κ2) is 5.94. The van der Waals surface area contributed by atoms with Crippen LogP contribution in [0.4, 0.5) is 13.2 Å². The second-order valence-electron chi connectivity index (χ2n) is 5.02. The van der Waals surface area contributed by atoms with Crippen LogP contribution in [-0.4, -0.2) is 37.5 Å². The average molecular weight is 323 g/mol. The predicted octanol–water partition coefficient (Wildman–Crippen LogP) is 2.10. The van der Waals surface area contributed by atoms with E-state index >= 15 is 0 Å². The van der Waals surface area contributed by atoms with Crippen molar-refractivity contribution in [2.75, 3.05) is 19.7 Å². The summed E-state index contributed by atoms with van der Waals surface area (Å²) in [6.45, 7) is 0.215. The van der Waals surface area contributed by atoms with Gasteiger partial charge in [-0.25, -0.2) is 8.42 Å². The van der Waals surface area contributed by atoms with Gasteiger partial charge in [-0.2, -0.15) is 17.5 Å². The van der Waals surface area contributed by atoms with Gasteiger partial charge in [0.25, 0.3) is 0 Å². The van der Waals surface area contributed by atoms with E-state index in [0.29, 0.717) is 12.8 Å². The minimum atomic E-state index is -4.72. The van der Waals surface area contributed by atoms with Gasteiger partial charge >= 0.3 is 6.18 Å². The quantitative estimate of drug-likeness (QED) is 0.927. The van der Waals surface area contributed by atoms with Crippen molar-refractivity contribution < 1.29 is 26.7 Å². The van der Waals surface area contributed by atoms with Crippen molar-refractivity contribution in [1.29, 1.82) is 0 Å². The molecule has 0 aliphatic carbocycles. The summed E-state index contributed by atoms with van der Waals surface area (Å²) in [6.07, 6.45) is -3.82. The van der Waals surface area contributed by atoms with Gasteiger partial charge in [0.15, 0.2) is 0 Å². The summed E-state index contributed by atoms with van der Waals surface area (Å²) in [5, 5.41) is 9.03. The summed E-state index contributed by atoms with van der Waals surface area (Å²) >= 11 is 0. The highest BCUT2D eigenvalue weighted by Crippen LogP contribution is 2.35. The summed E-state index contributed by atoms with van der Waals surface area (Å²) in [5.41, 5.74) is -1.14. The Balaban J connectivity index is 2.33. The Labute approximate surface area is 121 Å². The van der Waals surface area contributed by atoms with Crippen molar-refractivity contribution >= 4 is 10.0 Å². The summed E-state index contributed by atoms with van der Waals surface area (Å²) in [4.78, 5) is -0.708. The van der Waals surface area contributed by atoms with Crippen molar-refractivity contribution in [3.63, 3.8) is 0 Å². The molecule has 1 aliphatic heterocycles. The highest BCUT2D eigenvalue weighted by Gasteiger charge is 2.39. The van der Waals surface area contributed by atoms with Crippen molar-refractivity contribution in [3.8, 4) is 0 Å². The number of hydrogen-bond donors (Lipinski definition) is 1. The smallest absolute Gasteiger partial charge is 0.396 e. The molecule has 118 valence electrons. The number of aliphatic hydroxyl groups excluding tert-OH is 1. The molecule has 2 rings (SSSR count). The maximum absolute atomic E-state index is 12.9. The van der Waals surface area contributed by atoms with E-state index in [9.17, 15) is 21.6 Å². The first-order chi connectivity index (χ1) is 9.76. The molecule has 1 aromatic rings. The molecule has 0 aromatic heterocycles. The van der Waals surface area contributed by atoms with Gasteiger partial charge in [0.05, 0.1) is 10.5 Å². The molecule has 1 aromatic carbocycles. The van der Waals surface area contributed by atoms with Gasteiger partial charge in [-0.05, 0) is 30.9 Å². The topological polar surface area (TPSA) is 57.6 Å². The van der Waals surface area contributed by atoms with Crippen molar-refractivity contribution in [2.24, 2.45) is 5.92 Å². The van der Waals surface area contributed by atoms with Crippen molar-refractivity contribution in [2.45, 2.75) is 23.9 Å². The highest BCUT2D eigenvalue weighted by atomic mass is 32.2. The second-order valence-corrected chi connectivity index (χ2v) is 6.93. The van der Waals surface area contributed by atoms with E-state index in [2.05, 4.69) is 0 Å². The molecule has 0 amide bonds. The summed E-state index contributed by atoms with van der Waals surface area (Å²) in [6, 6.07) is 4.20. The van der Waals surface area contributed by atoms with E-state index in [-0.39, 0.29) is 25.6 Å². The molecule has 0 unspecified atom stereocenters. The van der Waals surface area contributed by atoms with E-state index in [1.54, 1.807) is 0 Å². The lowest BCUT2D eigenvalue weighted by atomic mass is 10.00. The van der Waals surface area contributed by atoms with Gasteiger partial charge in [0.2, 0.25) is 10.0 Å². The Morgan fingerprint density at radius 1 is 1.19 bits per heavy atom. The Morgan fingerprint density at radius 3 is 2.29 bits per heavy atom. The molecule has 8 heteroatoms. The fourth-order valence-corrected chi connectivity index (χ4v) is 4.08. The maximum Gasteiger partial charge on any atom is 0.417 e. The third kappa shape index (κ3) is 3.38. The standard InChI is InChI=1S/C13H16F3NO3S/c14-13(15,16)11-3-1-2-4-12(11)21(19,20)17-7-5-10(9-18)6-8-17/h1-4,10,18H,5-9H2. The molecule has 1 N–H and O–H groups in total. The molecule has 0 spiro atoms. The molecule has 4 nitrogen and oxygen atoms in total. The fourth-order valence-electron chi connectivity index (χ4n) is 2.40. The molecule has 1 saturated heterocycles. The molecule has 0 radical (unpaired) electrons. The molecule has 1 heterocycles. The number of alkyl halides is 3. The summed E-state index contributed by atoms with van der Waals surface area (Å²) in [7, 11) is -4.18. The Bertz CT molecular complexity index is 593. The Hall–Kier alpha value is -1.12. The predicted molar refractivity (Wildman–Crippen MR) is 70.0 cm³/mol. The van der Waals surface area contributed by atoms with Gasteiger partial charge in [-0.1, -0.05) is 12.1 Å². The molecule has 1 aliphatic rings. The fraction of sp³-hybridized carbons (Fsp3) is 0.538. The van der Waals surface area contributed by atoms with E-state index in [1.165, 1.54) is 12.1 Å². The monoisotopic (exact) mass is 323 g/mol. The van der Waals surface area contributed by atoms with Gasteiger partial charge in [0, 0.05) is 19.7 Å². The molecular formula is C13H16F3NO3S. The van der Waals surface area contributed by atoms with Crippen LogP contribution in [0.5, 0.6) is 0 Å². The minimum absolute atomic E-state index is 0.00862. The molecule has 0 bridgehead atoms. The lowest BCUT2D eigenvalue weighted by Gasteiger charge is -2.30. The number of benzene rings is 1. The zero-order chi connectivity index (χ0) is 15.7. The van der Waals surface area contributed by atoms with Crippen LogP contribution in [0.1, 0.15) is 18.4 Å². The zero-order valence-electron chi connectivity index (χ0n) is 11.2. The molecule has 1 fully saturated rings. The average Bonchev–Trinajstić information content (AvgIpc) is 2.46. The lowest BCUT2D eigenvalue weighted by molar-refractivity contribution is -0.139. The van der Waals surface area contributed by atoms with Gasteiger partial charge in [-0.15, -0.1) is 0 Å². The van der Waals surface area contributed by atoms with Crippen molar-refractivity contribution in [3.05, 3.63) is 29.8 Å². The van der Waals surface area contributed by atoms with Crippen LogP contribution >= 0.6 is 0 Å². The number of halogens is 3. The van der Waals surface area contributed by atoms with Crippen LogP contribution < -0.4 is 0 Å². The van der Waals surface area contributed by atoms with Crippen LogP contribution in [0.3, 0.4) is 0 Å². The van der Waals surface area contributed by atoms with Gasteiger partial charge in [0.1, 0.15) is 0 Å². The largest absolute Gasteiger partial charge is 0.417 e. The first-order valence-corrected chi connectivity index (χ1v) is 7.98. The Morgan fingerprint density at radius 2 is 1.76 bits per heavy atom. The SMILES string of the molecule is O=S(=O)(c1ccccc1C(F)(F)F)N1CCC(CO)CC1. The third-order valence-corrected chi connectivity index (χ3v) is 5.60. The van der Waals surface area contributed by atoms with Gasteiger partial charge < -0.3 is 5.11 Å². The van der Waals surface area contributed by atoms with E-state index in [1.807, 2.05) is 0 Å². The van der Waals surface area contributed by atoms with E-state index in [0.717, 1.165) is 16.4 Å². The van der Waals surface area contributed by atoms with Crippen LogP contribution in [0.2, 0.25) is 0 Å². The van der Waals surface area contributed by atoms with Crippen molar-refractivity contribution in [1.82, 2.24) is 4.31 Å². The number of hydrogen-bond acceptors (Lipinski definition) is 3. The lowest BCUT2D eigenvalue weighted by Crippen LogP contribution is -2.39. The minimum Gasteiger partial charge on any atom is -0.396 e. The summed E-state index contributed by atoms with van der Waals surface area (Å²) in [5.74, 6) is 0.00862. The molecule has 21 heavy (non-hydrogen) atoms. The maximum atomic E-state index is 12.9. The van der Waals surface area contributed by atoms with Gasteiger partial charge in [-0.3, -0.25) is 0 Å². The first kappa shape index (κ1) is 16.3. The highest BCUT2D eigenvalue weighted by molar-refractivity contribution is 7.89. The number of sulfonamides is 1. The van der Waals surface area contributed by atoms with E-state index < -0.39 is 26.7 Å². The molecule has 0 saturated carbocycles. The van der Waals surface area contributed by atoms with Crippen LogP contribution in [-0.2, 0) is 16.2 Å². The number of aliphatic hydroxyl groups is 1. The van der Waals surface area contributed by atoms with Crippen LogP contribution in [0.15, 0.2) is 29.2 Å². The zero-order valence-corrected chi connectivity index (χ0v) is 12.0. The molecular weight excluding hydrogens is 307 g/mol. The van der Waals surface area contributed by atoms with E-state index in [4.69, 9.17) is 5.11 Å². The molecule has 0 atom stereocenters. The number of nitrogens with zero attached hydrogens (tertiary/aromatic N) is 1. The number of piperidine rings is 1. The normalized spacial score (nSPS) is 18.9. The van der Waals surface area contributed by atoms with Crippen LogP contribution in [0, 0.1) is 5.92 Å². The first-order valence-electron chi connectivity index (χ1n) is 6.54. The number of rotatable bonds is 3. The Kier molecular flexibility index (Phi) is 4.60.